The van der Waals surface area contributed by atoms with Crippen LogP contribution in [0, 0.1) is 11.8 Å². The average Bonchev–Trinajstić information content (AvgIpc) is 1.73. The van der Waals surface area contributed by atoms with Crippen molar-refractivity contribution in [3.63, 3.8) is 0 Å². The van der Waals surface area contributed by atoms with Crippen molar-refractivity contribution in [1.82, 2.24) is 77.1 Å². The van der Waals surface area contributed by atoms with Crippen LogP contribution in [0.3, 0.4) is 0 Å². The maximum Gasteiger partial charge on any atom is 0.317 e. The number of rotatable bonds is 36. The van der Waals surface area contributed by atoms with Crippen LogP contribution in [0.5, 0.6) is 0 Å². The standard InChI is InChI=1S/C63H91N17O16S/c1-37(2)25-47(61(94)73-46(57(64)90)15-24-97-6)75-62(95)49(27-43-29-65-36-69-43)72-51(82)31-68-63(96)56(38(3)4)76-58(91)39(5)70-60(93)48(26-41-28-66-45-10-8-7-9-44(41)45)74-59(92)40-11-13-42(14-12-40)71-50(81)30-67-52(83)32-77-16-18-78(33-53(84)85)20-22-80(35-55(88)89)23-21-79(19-17-77)34-54(86)87/h7-14,28-29,36-39,46-49,56,66H,15-27,30-35H2,1-6H3,(H2,64,90)(H,65,69)(H,67,83)(H,68,96)(H,70,93)(H,71,81)(H,72,82)(H,73,94)(H,74,92)(H,75,95)(H,76,91)(H,84,85)(H,86,87)(H,88,89)/t39-,46-,47-,48-,49-,56-/m0/s1. The molecule has 0 spiro atoms. The molecule has 0 unspecified atom stereocenters. The van der Waals surface area contributed by atoms with E-state index in [0.29, 0.717) is 17.0 Å². The van der Waals surface area contributed by atoms with E-state index in [1.165, 1.54) is 55.5 Å². The van der Waals surface area contributed by atoms with Crippen LogP contribution in [0.1, 0.15) is 69.1 Å². The Kier molecular flexibility index (Phi) is 31.8. The molecule has 1 aliphatic heterocycles. The molecular formula is C63H91N17O16S. The number of hydrogen-bond donors (Lipinski definition) is 15. The van der Waals surface area contributed by atoms with Gasteiger partial charge in [0, 0.05) is 105 Å². The lowest BCUT2D eigenvalue weighted by Gasteiger charge is -2.32. The number of carbonyl (C=O) groups excluding carboxylic acids is 10. The van der Waals surface area contributed by atoms with Gasteiger partial charge in [-0.1, -0.05) is 45.9 Å². The molecule has 1 aliphatic rings. The molecule has 1 fully saturated rings. The highest BCUT2D eigenvalue weighted by atomic mass is 32.2. The second-order valence-electron chi connectivity index (χ2n) is 24.3. The zero-order valence-corrected chi connectivity index (χ0v) is 56.1. The SMILES string of the molecule is CSCC[C@H](NC(=O)[C@H](CC(C)C)NC(=O)[C@H](Cc1cnc[nH]1)NC(=O)CNC(=O)[C@@H](NC(=O)[C@H](C)NC(=O)[C@H](Cc1c[nH]c2ccccc12)NC(=O)c1ccc(NC(=O)CNC(=O)CN2CCN(CC(=O)O)CCN(CC(=O)O)CCN(CC(=O)O)CC2)cc1)C(C)C)C(N)=O. The van der Waals surface area contributed by atoms with Crippen molar-refractivity contribution in [2.75, 3.05) is 109 Å². The third-order valence-corrected chi connectivity index (χ3v) is 16.3. The van der Waals surface area contributed by atoms with Crippen molar-refractivity contribution >= 4 is 105 Å². The van der Waals surface area contributed by atoms with Crippen LogP contribution in [0.4, 0.5) is 5.69 Å². The fraction of sp³-hybridized carbons (Fsp3) is 0.524. The van der Waals surface area contributed by atoms with Gasteiger partial charge in [0.05, 0.1) is 45.6 Å². The molecule has 97 heavy (non-hydrogen) atoms. The largest absolute Gasteiger partial charge is 0.480 e. The highest BCUT2D eigenvalue weighted by molar-refractivity contribution is 7.98. The van der Waals surface area contributed by atoms with E-state index in [-0.39, 0.29) is 121 Å². The van der Waals surface area contributed by atoms with E-state index in [9.17, 15) is 77.6 Å². The van der Waals surface area contributed by atoms with Crippen LogP contribution in [-0.2, 0) is 70.4 Å². The number of para-hydroxylation sites is 1. The fourth-order valence-electron chi connectivity index (χ4n) is 10.4. The summed E-state index contributed by atoms with van der Waals surface area (Å²) in [6, 6.07) is 5.69. The molecule has 2 aromatic heterocycles. The molecule has 0 radical (unpaired) electrons. The second-order valence-corrected chi connectivity index (χ2v) is 25.3. The predicted molar refractivity (Wildman–Crippen MR) is 357 cm³/mol. The number of thioether (sulfide) groups is 1. The molecule has 2 aromatic carbocycles. The summed E-state index contributed by atoms with van der Waals surface area (Å²) in [4.78, 5) is 187. The van der Waals surface area contributed by atoms with Gasteiger partial charge in [0.2, 0.25) is 53.2 Å². The van der Waals surface area contributed by atoms with E-state index in [1.807, 2.05) is 38.3 Å². The normalized spacial score (nSPS) is 15.5. The number of anilines is 1. The van der Waals surface area contributed by atoms with Gasteiger partial charge in [0.15, 0.2) is 0 Å². The van der Waals surface area contributed by atoms with Crippen molar-refractivity contribution in [3.8, 4) is 0 Å². The third kappa shape index (κ3) is 27.6. The average molecular weight is 1370 g/mol. The van der Waals surface area contributed by atoms with Gasteiger partial charge in [-0.2, -0.15) is 11.8 Å². The first-order chi connectivity index (χ1) is 46.1. The van der Waals surface area contributed by atoms with Gasteiger partial charge in [-0.15, -0.1) is 0 Å². The zero-order chi connectivity index (χ0) is 71.3. The summed E-state index contributed by atoms with van der Waals surface area (Å²) >= 11 is 1.46. The van der Waals surface area contributed by atoms with Crippen molar-refractivity contribution < 1.29 is 77.6 Å². The summed E-state index contributed by atoms with van der Waals surface area (Å²) in [7, 11) is 0. The number of aromatic nitrogens is 3. The van der Waals surface area contributed by atoms with E-state index in [2.05, 4.69) is 62.8 Å². The maximum atomic E-state index is 14.3. The molecular weight excluding hydrogens is 1280 g/mol. The Hall–Kier alpha value is -9.51. The van der Waals surface area contributed by atoms with Crippen molar-refractivity contribution in [2.24, 2.45) is 17.6 Å². The Labute approximate surface area is 565 Å². The lowest BCUT2D eigenvalue weighted by molar-refractivity contribution is -0.140. The van der Waals surface area contributed by atoms with Crippen LogP contribution in [0.25, 0.3) is 10.9 Å². The third-order valence-electron chi connectivity index (χ3n) is 15.6. The molecule has 33 nitrogen and oxygen atoms in total. The summed E-state index contributed by atoms with van der Waals surface area (Å²) in [6.07, 6.45) is 6.63. The quantitative estimate of drug-likeness (QED) is 0.0224. The van der Waals surface area contributed by atoms with E-state index in [1.54, 1.807) is 45.7 Å². The van der Waals surface area contributed by atoms with Crippen molar-refractivity contribution in [2.45, 2.75) is 96.6 Å². The van der Waals surface area contributed by atoms with Gasteiger partial charge in [-0.25, -0.2) is 4.98 Å². The minimum atomic E-state index is -1.29. The highest BCUT2D eigenvalue weighted by Gasteiger charge is 2.33. The van der Waals surface area contributed by atoms with Crippen LogP contribution >= 0.6 is 11.8 Å². The van der Waals surface area contributed by atoms with Crippen molar-refractivity contribution in [3.05, 3.63) is 84.1 Å². The molecule has 4 aromatic rings. The summed E-state index contributed by atoms with van der Waals surface area (Å²) in [5.41, 5.74) is 7.74. The summed E-state index contributed by atoms with van der Waals surface area (Å²) in [5, 5.41) is 53.0. The number of H-pyrrole nitrogens is 2. The Morgan fingerprint density at radius 2 is 1.10 bits per heavy atom. The lowest BCUT2D eigenvalue weighted by Crippen LogP contribution is -2.59. The lowest BCUT2D eigenvalue weighted by atomic mass is 10.0. The summed E-state index contributed by atoms with van der Waals surface area (Å²) in [6.45, 7) is 7.47. The molecule has 10 amide bonds. The Morgan fingerprint density at radius 3 is 1.64 bits per heavy atom. The predicted octanol–water partition coefficient (Wildman–Crippen LogP) is -2.49. The number of nitrogens with zero attached hydrogens (tertiary/aromatic N) is 5. The topological polar surface area (TPSA) is 474 Å². The first kappa shape index (κ1) is 78.2. The van der Waals surface area contributed by atoms with E-state index >= 15 is 0 Å². The first-order valence-corrected chi connectivity index (χ1v) is 33.1. The number of nitrogens with one attached hydrogen (secondary N) is 11. The fourth-order valence-corrected chi connectivity index (χ4v) is 10.9. The number of hydrogen-bond acceptors (Lipinski definition) is 19. The second kappa shape index (κ2) is 39.5. The summed E-state index contributed by atoms with van der Waals surface area (Å²) in [5.74, 6) is -10.6. The molecule has 0 saturated carbocycles. The number of imidazole rings is 1. The molecule has 6 atom stereocenters. The number of carbonyl (C=O) groups is 13. The van der Waals surface area contributed by atoms with Crippen LogP contribution in [-0.4, -0.2) is 267 Å². The minimum absolute atomic E-state index is 0.0534. The van der Waals surface area contributed by atoms with Crippen molar-refractivity contribution in [1.29, 1.82) is 0 Å². The number of aliphatic carboxylic acids is 3. The Morgan fingerprint density at radius 1 is 0.567 bits per heavy atom. The van der Waals surface area contributed by atoms with Crippen LogP contribution in [0.15, 0.2) is 67.3 Å². The van der Waals surface area contributed by atoms with Crippen LogP contribution < -0.4 is 53.6 Å². The van der Waals surface area contributed by atoms with E-state index in [4.69, 9.17) is 5.73 Å². The molecule has 16 N–H and O–H groups in total. The van der Waals surface area contributed by atoms with Gasteiger partial charge in [-0.3, -0.25) is 81.9 Å². The minimum Gasteiger partial charge on any atom is -0.480 e. The maximum absolute atomic E-state index is 14.3. The Bertz CT molecular complexity index is 3320. The zero-order valence-electron chi connectivity index (χ0n) is 55.3. The van der Waals surface area contributed by atoms with Gasteiger partial charge < -0.3 is 78.9 Å². The Balaban J connectivity index is 1.18. The number of primary amides is 1. The number of aromatic amines is 2. The van der Waals surface area contributed by atoms with Gasteiger partial charge in [0.25, 0.3) is 5.91 Å². The number of amides is 10. The molecule has 530 valence electrons. The number of benzene rings is 2. The summed E-state index contributed by atoms with van der Waals surface area (Å²) < 4.78 is 0. The molecule has 5 rings (SSSR count). The number of carboxylic acid groups (broad SMARTS) is 3. The molecule has 34 heteroatoms. The molecule has 0 bridgehead atoms. The first-order valence-electron chi connectivity index (χ1n) is 31.7. The van der Waals surface area contributed by atoms with Gasteiger partial charge >= 0.3 is 17.9 Å². The molecule has 0 aliphatic carbocycles. The molecule has 3 heterocycles. The number of carboxylic acids is 3. The monoisotopic (exact) mass is 1370 g/mol. The van der Waals surface area contributed by atoms with Crippen LogP contribution in [0.2, 0.25) is 0 Å². The van der Waals surface area contributed by atoms with E-state index < -0.39 is 132 Å². The number of nitrogens with two attached hydrogens (primary N) is 1. The van der Waals surface area contributed by atoms with E-state index in [0.717, 1.165) is 10.9 Å². The number of fused-ring (bicyclic) bond motifs is 1. The highest BCUT2D eigenvalue weighted by Crippen LogP contribution is 2.20. The van der Waals surface area contributed by atoms with Gasteiger partial charge in [0.1, 0.15) is 36.3 Å². The molecule has 1 saturated heterocycles. The van der Waals surface area contributed by atoms with Gasteiger partial charge in [-0.05, 0) is 79.5 Å². The smallest absolute Gasteiger partial charge is 0.317 e.